The van der Waals surface area contributed by atoms with Gasteiger partial charge < -0.3 is 10.0 Å². The molecule has 2 rings (SSSR count). The van der Waals surface area contributed by atoms with E-state index in [1.807, 2.05) is 0 Å². The SMILES string of the molecule is CCN1CCN2CC(O)CC2C1. The fraction of sp³-hybridized carbons (Fsp3) is 1.00. The van der Waals surface area contributed by atoms with E-state index in [1.165, 1.54) is 6.54 Å². The summed E-state index contributed by atoms with van der Waals surface area (Å²) in [6.45, 7) is 7.76. The molecule has 2 aliphatic heterocycles. The van der Waals surface area contributed by atoms with Gasteiger partial charge in [-0.2, -0.15) is 0 Å². The van der Waals surface area contributed by atoms with Gasteiger partial charge in [-0.25, -0.2) is 0 Å². The summed E-state index contributed by atoms with van der Waals surface area (Å²) in [5.74, 6) is 0. The Kier molecular flexibility index (Phi) is 2.35. The Bertz CT molecular complexity index is 163. The molecule has 70 valence electrons. The van der Waals surface area contributed by atoms with Crippen LogP contribution in [-0.2, 0) is 0 Å². The molecule has 0 bridgehead atoms. The van der Waals surface area contributed by atoms with Crippen LogP contribution >= 0.6 is 0 Å². The maximum Gasteiger partial charge on any atom is 0.0682 e. The van der Waals surface area contributed by atoms with Crippen molar-refractivity contribution in [2.24, 2.45) is 0 Å². The van der Waals surface area contributed by atoms with Gasteiger partial charge in [-0.1, -0.05) is 6.92 Å². The van der Waals surface area contributed by atoms with Crippen molar-refractivity contribution >= 4 is 0 Å². The average molecular weight is 170 g/mol. The number of rotatable bonds is 1. The summed E-state index contributed by atoms with van der Waals surface area (Å²) in [5, 5.41) is 9.46. The second-order valence-corrected chi connectivity index (χ2v) is 3.93. The summed E-state index contributed by atoms with van der Waals surface area (Å²) >= 11 is 0. The summed E-state index contributed by atoms with van der Waals surface area (Å²) in [6.07, 6.45) is 0.919. The van der Waals surface area contributed by atoms with E-state index in [2.05, 4.69) is 16.7 Å². The number of aliphatic hydroxyl groups is 1. The number of fused-ring (bicyclic) bond motifs is 1. The van der Waals surface area contributed by atoms with Crippen molar-refractivity contribution in [1.29, 1.82) is 0 Å². The van der Waals surface area contributed by atoms with Crippen LogP contribution in [0, 0.1) is 0 Å². The molecule has 0 spiro atoms. The molecule has 0 aromatic rings. The molecule has 2 aliphatic rings. The van der Waals surface area contributed by atoms with Crippen LogP contribution in [0.15, 0.2) is 0 Å². The molecule has 1 N–H and O–H groups in total. The lowest BCUT2D eigenvalue weighted by Gasteiger charge is -2.36. The fourth-order valence-corrected chi connectivity index (χ4v) is 2.37. The minimum Gasteiger partial charge on any atom is -0.392 e. The van der Waals surface area contributed by atoms with Crippen molar-refractivity contribution in [2.45, 2.75) is 25.5 Å². The number of nitrogens with zero attached hydrogens (tertiary/aromatic N) is 2. The molecule has 12 heavy (non-hydrogen) atoms. The van der Waals surface area contributed by atoms with E-state index in [4.69, 9.17) is 0 Å². The van der Waals surface area contributed by atoms with Crippen LogP contribution in [0.2, 0.25) is 0 Å². The maximum atomic E-state index is 9.46. The fourth-order valence-electron chi connectivity index (χ4n) is 2.37. The Morgan fingerprint density at radius 1 is 1.33 bits per heavy atom. The number of aliphatic hydroxyl groups excluding tert-OH is 1. The van der Waals surface area contributed by atoms with Gasteiger partial charge in [-0.15, -0.1) is 0 Å². The van der Waals surface area contributed by atoms with Crippen LogP contribution in [0.3, 0.4) is 0 Å². The van der Waals surface area contributed by atoms with E-state index >= 15 is 0 Å². The molecule has 0 aliphatic carbocycles. The third kappa shape index (κ3) is 1.49. The summed E-state index contributed by atoms with van der Waals surface area (Å²) in [6, 6.07) is 0.633. The number of hydrogen-bond donors (Lipinski definition) is 1. The monoisotopic (exact) mass is 170 g/mol. The lowest BCUT2D eigenvalue weighted by Crippen LogP contribution is -2.49. The predicted octanol–water partition coefficient (Wildman–Crippen LogP) is -0.243. The molecule has 2 saturated heterocycles. The Morgan fingerprint density at radius 2 is 2.17 bits per heavy atom. The second-order valence-electron chi connectivity index (χ2n) is 3.93. The quantitative estimate of drug-likeness (QED) is 0.588. The van der Waals surface area contributed by atoms with E-state index in [9.17, 15) is 5.11 Å². The van der Waals surface area contributed by atoms with Crippen molar-refractivity contribution in [3.05, 3.63) is 0 Å². The van der Waals surface area contributed by atoms with Crippen molar-refractivity contribution < 1.29 is 5.11 Å². The summed E-state index contributed by atoms with van der Waals surface area (Å²) in [4.78, 5) is 4.90. The minimum absolute atomic E-state index is 0.0631. The maximum absolute atomic E-state index is 9.46. The molecule has 0 radical (unpaired) electrons. The van der Waals surface area contributed by atoms with Gasteiger partial charge in [-0.05, 0) is 13.0 Å². The largest absolute Gasteiger partial charge is 0.392 e. The molecular formula is C9H18N2O. The van der Waals surface area contributed by atoms with Gasteiger partial charge >= 0.3 is 0 Å². The Labute approximate surface area is 74.0 Å². The molecule has 0 aromatic heterocycles. The summed E-state index contributed by atoms with van der Waals surface area (Å²) < 4.78 is 0. The zero-order valence-corrected chi connectivity index (χ0v) is 7.74. The Hall–Kier alpha value is -0.120. The van der Waals surface area contributed by atoms with Gasteiger partial charge in [0.25, 0.3) is 0 Å². The number of piperazine rings is 1. The van der Waals surface area contributed by atoms with Crippen LogP contribution < -0.4 is 0 Å². The van der Waals surface area contributed by atoms with Crippen LogP contribution in [-0.4, -0.2) is 59.8 Å². The normalized spacial score (nSPS) is 38.5. The van der Waals surface area contributed by atoms with Gasteiger partial charge in [0.05, 0.1) is 6.10 Å². The summed E-state index contributed by atoms with van der Waals surface area (Å²) in [7, 11) is 0. The van der Waals surface area contributed by atoms with Gasteiger partial charge in [-0.3, -0.25) is 4.90 Å². The van der Waals surface area contributed by atoms with Crippen molar-refractivity contribution in [3.8, 4) is 0 Å². The Morgan fingerprint density at radius 3 is 2.92 bits per heavy atom. The van der Waals surface area contributed by atoms with E-state index in [0.29, 0.717) is 6.04 Å². The molecule has 3 nitrogen and oxygen atoms in total. The van der Waals surface area contributed by atoms with Gasteiger partial charge in [0, 0.05) is 32.2 Å². The van der Waals surface area contributed by atoms with Gasteiger partial charge in [0.1, 0.15) is 0 Å². The van der Waals surface area contributed by atoms with Crippen LogP contribution in [0.25, 0.3) is 0 Å². The molecule has 2 fully saturated rings. The number of likely N-dealkylation sites (N-methyl/N-ethyl adjacent to an activating group) is 1. The highest BCUT2D eigenvalue weighted by atomic mass is 16.3. The standard InChI is InChI=1S/C9H18N2O/c1-2-10-3-4-11-7-9(12)5-8(11)6-10/h8-9,12H,2-7H2,1H3. The average Bonchev–Trinajstić information content (AvgIpc) is 2.43. The number of hydrogen-bond acceptors (Lipinski definition) is 3. The lowest BCUT2D eigenvalue weighted by atomic mass is 10.1. The highest BCUT2D eigenvalue weighted by Gasteiger charge is 2.34. The van der Waals surface area contributed by atoms with Crippen molar-refractivity contribution in [3.63, 3.8) is 0 Å². The smallest absolute Gasteiger partial charge is 0.0682 e. The molecule has 0 saturated carbocycles. The highest BCUT2D eigenvalue weighted by molar-refractivity contribution is 4.90. The molecular weight excluding hydrogens is 152 g/mol. The van der Waals surface area contributed by atoms with Crippen LogP contribution in [0.4, 0.5) is 0 Å². The highest BCUT2D eigenvalue weighted by Crippen LogP contribution is 2.21. The van der Waals surface area contributed by atoms with E-state index in [0.717, 1.165) is 32.6 Å². The van der Waals surface area contributed by atoms with E-state index in [-0.39, 0.29) is 6.10 Å². The first-order valence-electron chi connectivity index (χ1n) is 4.94. The summed E-state index contributed by atoms with van der Waals surface area (Å²) in [5.41, 5.74) is 0. The molecule has 0 aromatic carbocycles. The molecule has 2 heterocycles. The first-order valence-corrected chi connectivity index (χ1v) is 4.94. The zero-order valence-electron chi connectivity index (χ0n) is 7.74. The first-order chi connectivity index (χ1) is 5.79. The molecule has 0 amide bonds. The third-order valence-electron chi connectivity index (χ3n) is 3.13. The van der Waals surface area contributed by atoms with E-state index in [1.54, 1.807) is 0 Å². The van der Waals surface area contributed by atoms with Crippen LogP contribution in [0.5, 0.6) is 0 Å². The topological polar surface area (TPSA) is 26.7 Å². The first kappa shape index (κ1) is 8.48. The van der Waals surface area contributed by atoms with Crippen LogP contribution in [0.1, 0.15) is 13.3 Å². The molecule has 2 unspecified atom stereocenters. The van der Waals surface area contributed by atoms with Crippen molar-refractivity contribution in [1.82, 2.24) is 9.80 Å². The molecule has 3 heteroatoms. The van der Waals surface area contributed by atoms with Gasteiger partial charge in [0.2, 0.25) is 0 Å². The Balaban J connectivity index is 1.93. The lowest BCUT2D eigenvalue weighted by molar-refractivity contribution is 0.106. The van der Waals surface area contributed by atoms with Crippen molar-refractivity contribution in [2.75, 3.05) is 32.7 Å². The molecule has 2 atom stereocenters. The second kappa shape index (κ2) is 3.32. The minimum atomic E-state index is -0.0631. The zero-order chi connectivity index (χ0) is 8.55. The third-order valence-corrected chi connectivity index (χ3v) is 3.13. The van der Waals surface area contributed by atoms with Gasteiger partial charge in [0.15, 0.2) is 0 Å². The predicted molar refractivity (Wildman–Crippen MR) is 48.1 cm³/mol. The van der Waals surface area contributed by atoms with E-state index < -0.39 is 0 Å².